The summed E-state index contributed by atoms with van der Waals surface area (Å²) < 4.78 is 0. The molecule has 0 unspecified atom stereocenters. The fraction of sp³-hybridized carbons (Fsp3) is 0.625. The second-order valence-electron chi connectivity index (χ2n) is 6.69. The molecule has 1 rings (SSSR count). The highest BCUT2D eigenvalue weighted by atomic mass is 14.3. The second-order valence-corrected chi connectivity index (χ2v) is 6.69. The van der Waals surface area contributed by atoms with E-state index < -0.39 is 0 Å². The van der Waals surface area contributed by atoms with E-state index in [1.54, 1.807) is 5.56 Å². The van der Waals surface area contributed by atoms with Crippen molar-refractivity contribution in [1.29, 1.82) is 0 Å². The molecule has 0 saturated heterocycles. The monoisotopic (exact) mass is 218 g/mol. The Bertz CT molecular complexity index is 359. The lowest BCUT2D eigenvalue weighted by Crippen LogP contribution is -2.23. The molecule has 0 aromatic heterocycles. The number of hydrogen-bond donors (Lipinski definition) is 0. The van der Waals surface area contributed by atoms with Crippen molar-refractivity contribution in [3.8, 4) is 0 Å². The molecule has 0 spiro atoms. The molecule has 1 aromatic rings. The zero-order valence-corrected chi connectivity index (χ0v) is 11.9. The first-order valence-corrected chi connectivity index (χ1v) is 6.30. The van der Waals surface area contributed by atoms with Gasteiger partial charge in [-0.2, -0.15) is 0 Å². The van der Waals surface area contributed by atoms with Gasteiger partial charge in [-0.15, -0.1) is 0 Å². The highest BCUT2D eigenvalue weighted by molar-refractivity contribution is 5.43. The SMILES string of the molecule is CCc1cccc(C(C)(C)C)c1C(C)(C)C. The predicted octanol–water partition coefficient (Wildman–Crippen LogP) is 4.84. The van der Waals surface area contributed by atoms with Crippen molar-refractivity contribution >= 4 is 0 Å². The highest BCUT2D eigenvalue weighted by Gasteiger charge is 2.26. The standard InChI is InChI=1S/C16H26/c1-8-12-10-9-11-13(15(2,3)4)14(12)16(5,6)7/h9-11H,8H2,1-7H3. The molecule has 0 N–H and O–H groups in total. The van der Waals surface area contributed by atoms with Gasteiger partial charge in [0.05, 0.1) is 0 Å². The molecule has 0 heterocycles. The minimum Gasteiger partial charge on any atom is -0.0617 e. The average molecular weight is 218 g/mol. The summed E-state index contributed by atoms with van der Waals surface area (Å²) in [7, 11) is 0. The Morgan fingerprint density at radius 2 is 1.44 bits per heavy atom. The topological polar surface area (TPSA) is 0 Å². The minimum absolute atomic E-state index is 0.230. The van der Waals surface area contributed by atoms with Gasteiger partial charge in [0.25, 0.3) is 0 Å². The summed E-state index contributed by atoms with van der Waals surface area (Å²) in [4.78, 5) is 0. The average Bonchev–Trinajstić information content (AvgIpc) is 2.13. The molecule has 0 fully saturated rings. The Morgan fingerprint density at radius 1 is 0.875 bits per heavy atom. The molecule has 0 aliphatic carbocycles. The van der Waals surface area contributed by atoms with Crippen molar-refractivity contribution in [2.45, 2.75) is 65.7 Å². The van der Waals surface area contributed by atoms with Crippen LogP contribution in [-0.2, 0) is 17.3 Å². The van der Waals surface area contributed by atoms with Crippen molar-refractivity contribution in [2.24, 2.45) is 0 Å². The van der Waals surface area contributed by atoms with E-state index in [4.69, 9.17) is 0 Å². The molecule has 0 bridgehead atoms. The molecular formula is C16H26. The first kappa shape index (κ1) is 13.3. The van der Waals surface area contributed by atoms with Crippen LogP contribution in [0, 0.1) is 0 Å². The van der Waals surface area contributed by atoms with Crippen LogP contribution < -0.4 is 0 Å². The van der Waals surface area contributed by atoms with Crippen LogP contribution in [0.1, 0.15) is 65.2 Å². The maximum absolute atomic E-state index is 2.32. The van der Waals surface area contributed by atoms with Crippen LogP contribution in [0.4, 0.5) is 0 Å². The summed E-state index contributed by atoms with van der Waals surface area (Å²) >= 11 is 0. The zero-order valence-electron chi connectivity index (χ0n) is 11.9. The highest BCUT2D eigenvalue weighted by Crippen LogP contribution is 2.36. The van der Waals surface area contributed by atoms with Gasteiger partial charge in [-0.1, -0.05) is 66.7 Å². The normalized spacial score (nSPS) is 12.9. The van der Waals surface area contributed by atoms with E-state index in [2.05, 4.69) is 66.7 Å². The van der Waals surface area contributed by atoms with Gasteiger partial charge in [-0.05, 0) is 33.9 Å². The van der Waals surface area contributed by atoms with Crippen LogP contribution >= 0.6 is 0 Å². The van der Waals surface area contributed by atoms with Gasteiger partial charge in [0, 0.05) is 0 Å². The van der Waals surface area contributed by atoms with E-state index in [9.17, 15) is 0 Å². The Labute approximate surface area is 101 Å². The Morgan fingerprint density at radius 3 is 1.81 bits per heavy atom. The Kier molecular flexibility index (Phi) is 3.52. The molecule has 0 amide bonds. The third-order valence-corrected chi connectivity index (χ3v) is 3.09. The van der Waals surface area contributed by atoms with E-state index in [-0.39, 0.29) is 10.8 Å². The first-order valence-electron chi connectivity index (χ1n) is 6.30. The summed E-state index contributed by atoms with van der Waals surface area (Å²) in [5, 5.41) is 0. The number of rotatable bonds is 1. The van der Waals surface area contributed by atoms with Gasteiger partial charge in [0.1, 0.15) is 0 Å². The summed E-state index contributed by atoms with van der Waals surface area (Å²) in [5.74, 6) is 0. The molecule has 0 radical (unpaired) electrons. The molecule has 1 aromatic carbocycles. The first-order chi connectivity index (χ1) is 7.18. The number of benzene rings is 1. The molecule has 0 aliphatic rings. The van der Waals surface area contributed by atoms with Crippen LogP contribution in [0.25, 0.3) is 0 Å². The summed E-state index contributed by atoms with van der Waals surface area (Å²) in [6, 6.07) is 6.77. The number of hydrogen-bond acceptors (Lipinski definition) is 0. The fourth-order valence-electron chi connectivity index (χ4n) is 2.41. The maximum Gasteiger partial charge on any atom is -0.0126 e. The lowest BCUT2D eigenvalue weighted by Gasteiger charge is -2.32. The lowest BCUT2D eigenvalue weighted by molar-refractivity contribution is 0.525. The largest absolute Gasteiger partial charge is 0.0617 e. The van der Waals surface area contributed by atoms with Crippen molar-refractivity contribution in [3.63, 3.8) is 0 Å². The zero-order chi connectivity index (χ0) is 12.6. The quantitative estimate of drug-likeness (QED) is 0.632. The van der Waals surface area contributed by atoms with E-state index >= 15 is 0 Å². The van der Waals surface area contributed by atoms with Crippen molar-refractivity contribution in [3.05, 3.63) is 34.9 Å². The van der Waals surface area contributed by atoms with Crippen LogP contribution in [0.2, 0.25) is 0 Å². The van der Waals surface area contributed by atoms with E-state index in [1.807, 2.05) is 0 Å². The van der Waals surface area contributed by atoms with E-state index in [0.717, 1.165) is 6.42 Å². The third kappa shape index (κ3) is 2.66. The van der Waals surface area contributed by atoms with Crippen molar-refractivity contribution < 1.29 is 0 Å². The molecule has 0 aliphatic heterocycles. The maximum atomic E-state index is 2.32. The van der Waals surface area contributed by atoms with Gasteiger partial charge in [-0.25, -0.2) is 0 Å². The Balaban J connectivity index is 3.51. The predicted molar refractivity (Wildman–Crippen MR) is 73.2 cm³/mol. The molecule has 0 nitrogen and oxygen atoms in total. The molecule has 0 saturated carbocycles. The molecule has 0 atom stereocenters. The molecule has 0 heteroatoms. The Hall–Kier alpha value is -0.780. The van der Waals surface area contributed by atoms with Crippen molar-refractivity contribution in [2.75, 3.05) is 0 Å². The smallest absolute Gasteiger partial charge is 0.0126 e. The third-order valence-electron chi connectivity index (χ3n) is 3.09. The van der Waals surface area contributed by atoms with Crippen molar-refractivity contribution in [1.82, 2.24) is 0 Å². The number of aryl methyl sites for hydroxylation is 1. The fourth-order valence-corrected chi connectivity index (χ4v) is 2.41. The van der Waals surface area contributed by atoms with Gasteiger partial charge in [-0.3, -0.25) is 0 Å². The van der Waals surface area contributed by atoms with E-state index in [1.165, 1.54) is 11.1 Å². The summed E-state index contributed by atoms with van der Waals surface area (Å²) in [5.41, 5.74) is 5.01. The second kappa shape index (κ2) is 4.24. The van der Waals surface area contributed by atoms with E-state index in [0.29, 0.717) is 0 Å². The van der Waals surface area contributed by atoms with Crippen LogP contribution in [0.3, 0.4) is 0 Å². The van der Waals surface area contributed by atoms with Crippen LogP contribution in [0.15, 0.2) is 18.2 Å². The van der Waals surface area contributed by atoms with Gasteiger partial charge in [0.2, 0.25) is 0 Å². The van der Waals surface area contributed by atoms with Gasteiger partial charge >= 0.3 is 0 Å². The molecule has 90 valence electrons. The van der Waals surface area contributed by atoms with Gasteiger partial charge < -0.3 is 0 Å². The lowest BCUT2D eigenvalue weighted by atomic mass is 9.73. The molecule has 16 heavy (non-hydrogen) atoms. The summed E-state index contributed by atoms with van der Waals surface area (Å²) in [6.07, 6.45) is 1.12. The van der Waals surface area contributed by atoms with Gasteiger partial charge in [0.15, 0.2) is 0 Å². The van der Waals surface area contributed by atoms with Crippen LogP contribution in [-0.4, -0.2) is 0 Å². The minimum atomic E-state index is 0.230. The van der Waals surface area contributed by atoms with Crippen LogP contribution in [0.5, 0.6) is 0 Å². The molecular weight excluding hydrogens is 192 g/mol. The summed E-state index contributed by atoms with van der Waals surface area (Å²) in [6.45, 7) is 16.1.